The molecule has 1 saturated heterocycles. The quantitative estimate of drug-likeness (QED) is 0.514. The van der Waals surface area contributed by atoms with Crippen LogP contribution in [-0.2, 0) is 20.8 Å². The number of carbonyl (C=O) groups excluding carboxylic acids is 3. The lowest BCUT2D eigenvalue weighted by Crippen LogP contribution is -2.51. The van der Waals surface area contributed by atoms with Crippen LogP contribution in [0.25, 0.3) is 0 Å². The van der Waals surface area contributed by atoms with Gasteiger partial charge in [-0.3, -0.25) is 14.4 Å². The molecule has 1 aliphatic heterocycles. The van der Waals surface area contributed by atoms with E-state index in [0.29, 0.717) is 17.1 Å². The van der Waals surface area contributed by atoms with Crippen molar-refractivity contribution in [2.45, 2.75) is 25.4 Å². The minimum Gasteiger partial charge on any atom is -0.394 e. The Morgan fingerprint density at radius 1 is 1.06 bits per heavy atom. The Bertz CT molecular complexity index is 1110. The average Bonchev–Trinajstić information content (AvgIpc) is 3.16. The Morgan fingerprint density at radius 3 is 2.37 bits per heavy atom. The molecule has 1 aliphatic carbocycles. The summed E-state index contributed by atoms with van der Waals surface area (Å²) >= 11 is 5.98. The van der Waals surface area contributed by atoms with Gasteiger partial charge >= 0.3 is 0 Å². The number of carbonyl (C=O) groups is 3. The van der Waals surface area contributed by atoms with Gasteiger partial charge in [-0.25, -0.2) is 0 Å². The van der Waals surface area contributed by atoms with Gasteiger partial charge in [0.15, 0.2) is 0 Å². The summed E-state index contributed by atoms with van der Waals surface area (Å²) in [6.07, 6.45) is 4.18. The molecule has 4 rings (SSSR count). The summed E-state index contributed by atoms with van der Waals surface area (Å²) in [4.78, 5) is 41.9. The minimum atomic E-state index is -0.875. The van der Waals surface area contributed by atoms with Crippen LogP contribution < -0.4 is 10.6 Å². The monoisotopic (exact) mass is 495 g/mol. The van der Waals surface area contributed by atoms with Crippen LogP contribution in [0.15, 0.2) is 66.7 Å². The molecule has 6 atom stereocenters. The van der Waals surface area contributed by atoms with E-state index in [1.165, 1.54) is 4.90 Å². The predicted molar refractivity (Wildman–Crippen MR) is 135 cm³/mol. The SMILES string of the molecule is CNC(=O)[C@H]1[C@H]2C(=O)N([C@@H](CO)Cc3ccccc3)[C@H](C(=O)Nc3ccc(Cl)cc3)[C@H]2C=C[C@H]1C. The zero-order chi connectivity index (χ0) is 25.1. The largest absolute Gasteiger partial charge is 0.394 e. The smallest absolute Gasteiger partial charge is 0.247 e. The molecular formula is C27H30ClN3O4. The maximum Gasteiger partial charge on any atom is 0.247 e. The Kier molecular flexibility index (Phi) is 7.57. The van der Waals surface area contributed by atoms with Gasteiger partial charge in [-0.1, -0.05) is 61.0 Å². The van der Waals surface area contributed by atoms with Crippen LogP contribution in [0.2, 0.25) is 5.02 Å². The Hall–Kier alpha value is -3.16. The number of allylic oxidation sites excluding steroid dienone is 1. The molecule has 0 radical (unpaired) electrons. The number of fused-ring (bicyclic) bond motifs is 1. The molecule has 8 heteroatoms. The van der Waals surface area contributed by atoms with Gasteiger partial charge in [0.1, 0.15) is 6.04 Å². The highest BCUT2D eigenvalue weighted by molar-refractivity contribution is 6.30. The molecule has 184 valence electrons. The summed E-state index contributed by atoms with van der Waals surface area (Å²) < 4.78 is 0. The van der Waals surface area contributed by atoms with Crippen LogP contribution in [0.1, 0.15) is 12.5 Å². The number of nitrogens with one attached hydrogen (secondary N) is 2. The van der Waals surface area contributed by atoms with Crippen molar-refractivity contribution in [3.05, 3.63) is 77.3 Å². The summed E-state index contributed by atoms with van der Waals surface area (Å²) in [6, 6.07) is 14.8. The molecule has 1 heterocycles. The highest BCUT2D eigenvalue weighted by atomic mass is 35.5. The first-order chi connectivity index (χ1) is 16.8. The number of likely N-dealkylation sites (tertiary alicyclic amines) is 1. The molecule has 35 heavy (non-hydrogen) atoms. The second-order valence-corrected chi connectivity index (χ2v) is 9.64. The third-order valence-corrected chi connectivity index (χ3v) is 7.31. The van der Waals surface area contributed by atoms with Crippen molar-refractivity contribution in [1.82, 2.24) is 10.2 Å². The summed E-state index contributed by atoms with van der Waals surface area (Å²) in [5, 5.41) is 16.5. The van der Waals surface area contributed by atoms with Crippen LogP contribution in [0.4, 0.5) is 5.69 Å². The molecule has 7 nitrogen and oxygen atoms in total. The van der Waals surface area contributed by atoms with Crippen LogP contribution in [-0.4, -0.2) is 53.5 Å². The molecule has 3 amide bonds. The Labute approximate surface area is 210 Å². The van der Waals surface area contributed by atoms with Crippen LogP contribution in [0.5, 0.6) is 0 Å². The van der Waals surface area contributed by atoms with Crippen molar-refractivity contribution in [2.24, 2.45) is 23.7 Å². The number of anilines is 1. The number of hydrogen-bond acceptors (Lipinski definition) is 4. The van der Waals surface area contributed by atoms with Gasteiger partial charge in [-0.05, 0) is 42.2 Å². The van der Waals surface area contributed by atoms with E-state index in [1.54, 1.807) is 31.3 Å². The number of benzene rings is 2. The molecule has 2 aromatic rings. The number of aliphatic hydroxyl groups excluding tert-OH is 1. The van der Waals surface area contributed by atoms with Crippen LogP contribution in [0.3, 0.4) is 0 Å². The van der Waals surface area contributed by atoms with E-state index in [2.05, 4.69) is 10.6 Å². The molecule has 0 bridgehead atoms. The summed E-state index contributed by atoms with van der Waals surface area (Å²) in [5.41, 5.74) is 1.49. The van der Waals surface area contributed by atoms with Crippen molar-refractivity contribution in [3.8, 4) is 0 Å². The van der Waals surface area contributed by atoms with E-state index in [-0.39, 0.29) is 30.2 Å². The van der Waals surface area contributed by atoms with Crippen LogP contribution in [0, 0.1) is 23.7 Å². The molecule has 0 aromatic heterocycles. The highest BCUT2D eigenvalue weighted by Gasteiger charge is 2.57. The third kappa shape index (κ3) is 4.97. The minimum absolute atomic E-state index is 0.165. The highest BCUT2D eigenvalue weighted by Crippen LogP contribution is 2.45. The molecule has 0 spiro atoms. The van der Waals surface area contributed by atoms with Gasteiger partial charge in [-0.2, -0.15) is 0 Å². The average molecular weight is 496 g/mol. The van der Waals surface area contributed by atoms with Gasteiger partial charge in [0, 0.05) is 23.7 Å². The lowest BCUT2D eigenvalue weighted by Gasteiger charge is -2.33. The lowest BCUT2D eigenvalue weighted by atomic mass is 9.70. The summed E-state index contributed by atoms with van der Waals surface area (Å²) in [5.74, 6) is -2.84. The van der Waals surface area contributed by atoms with E-state index in [0.717, 1.165) is 5.56 Å². The molecule has 2 aromatic carbocycles. The Balaban J connectivity index is 1.73. The fourth-order valence-corrected chi connectivity index (χ4v) is 5.51. The van der Waals surface area contributed by atoms with E-state index >= 15 is 0 Å². The standard InChI is InChI=1S/C27H30ClN3O4/c1-16-8-13-21-23(22(16)25(33)29-2)27(35)31(20(15-32)14-17-6-4-3-5-7-17)24(21)26(34)30-19-11-9-18(28)10-12-19/h3-13,16,20-24,32H,14-15H2,1-2H3,(H,29,33)(H,30,34)/t16-,20-,21+,22-,23+,24+/m1/s1. The molecule has 1 fully saturated rings. The van der Waals surface area contributed by atoms with Gasteiger partial charge in [0.05, 0.1) is 24.5 Å². The first kappa shape index (κ1) is 24.9. The second-order valence-electron chi connectivity index (χ2n) is 9.20. The van der Waals surface area contributed by atoms with Crippen molar-refractivity contribution in [2.75, 3.05) is 19.0 Å². The van der Waals surface area contributed by atoms with E-state index in [9.17, 15) is 19.5 Å². The maximum atomic E-state index is 13.9. The van der Waals surface area contributed by atoms with Crippen molar-refractivity contribution in [1.29, 1.82) is 0 Å². The van der Waals surface area contributed by atoms with E-state index in [1.807, 2.05) is 49.4 Å². The number of amides is 3. The molecule has 2 aliphatic rings. The topological polar surface area (TPSA) is 98.7 Å². The molecule has 3 N–H and O–H groups in total. The van der Waals surface area contributed by atoms with Crippen molar-refractivity contribution < 1.29 is 19.5 Å². The van der Waals surface area contributed by atoms with Crippen molar-refractivity contribution in [3.63, 3.8) is 0 Å². The third-order valence-electron chi connectivity index (χ3n) is 7.06. The molecule has 0 unspecified atom stereocenters. The van der Waals surface area contributed by atoms with Gasteiger partial charge < -0.3 is 20.6 Å². The number of aliphatic hydroxyl groups is 1. The number of hydrogen-bond donors (Lipinski definition) is 3. The number of halogens is 1. The van der Waals surface area contributed by atoms with Gasteiger partial charge in [0.2, 0.25) is 17.7 Å². The van der Waals surface area contributed by atoms with E-state index < -0.39 is 29.8 Å². The molecule has 0 saturated carbocycles. The lowest BCUT2D eigenvalue weighted by molar-refractivity contribution is -0.142. The maximum absolute atomic E-state index is 13.9. The van der Waals surface area contributed by atoms with Crippen LogP contribution >= 0.6 is 11.6 Å². The van der Waals surface area contributed by atoms with Gasteiger partial charge in [0.25, 0.3) is 0 Å². The first-order valence-electron chi connectivity index (χ1n) is 11.8. The zero-order valence-corrected chi connectivity index (χ0v) is 20.5. The Morgan fingerprint density at radius 2 is 1.74 bits per heavy atom. The molecular weight excluding hydrogens is 466 g/mol. The predicted octanol–water partition coefficient (Wildman–Crippen LogP) is 2.89. The van der Waals surface area contributed by atoms with E-state index in [4.69, 9.17) is 11.6 Å². The van der Waals surface area contributed by atoms with Crippen molar-refractivity contribution >= 4 is 35.0 Å². The normalized spacial score (nSPS) is 26.2. The summed E-state index contributed by atoms with van der Waals surface area (Å²) in [7, 11) is 1.55. The number of nitrogens with zero attached hydrogens (tertiary/aromatic N) is 1. The summed E-state index contributed by atoms with van der Waals surface area (Å²) in [6.45, 7) is 1.59. The van der Waals surface area contributed by atoms with Gasteiger partial charge in [-0.15, -0.1) is 0 Å². The number of rotatable bonds is 7. The first-order valence-corrected chi connectivity index (χ1v) is 12.2. The second kappa shape index (κ2) is 10.6. The fourth-order valence-electron chi connectivity index (χ4n) is 5.39. The fraction of sp³-hybridized carbons (Fsp3) is 0.370. The zero-order valence-electron chi connectivity index (χ0n) is 19.7.